The molecular weight excluding hydrogens is 430 g/mol. The second-order valence-corrected chi connectivity index (χ2v) is 9.19. The van der Waals surface area contributed by atoms with Gasteiger partial charge < -0.3 is 20.6 Å². The van der Waals surface area contributed by atoms with Crippen molar-refractivity contribution < 1.29 is 9.90 Å². The van der Waals surface area contributed by atoms with Crippen LogP contribution in [0.3, 0.4) is 0 Å². The van der Waals surface area contributed by atoms with Crippen molar-refractivity contribution in [1.29, 1.82) is 0 Å². The van der Waals surface area contributed by atoms with E-state index < -0.39 is 0 Å². The normalized spacial score (nSPS) is 18.6. The number of hydrogen-bond donors (Lipinski definition) is 3. The summed E-state index contributed by atoms with van der Waals surface area (Å²) in [7, 11) is 3.42. The van der Waals surface area contributed by atoms with Crippen LogP contribution in [0.4, 0.5) is 5.69 Å². The van der Waals surface area contributed by atoms with Crippen molar-refractivity contribution in [1.82, 2.24) is 30.4 Å². The van der Waals surface area contributed by atoms with Crippen molar-refractivity contribution in [2.75, 3.05) is 25.0 Å². The Morgan fingerprint density at radius 3 is 2.62 bits per heavy atom. The number of anilines is 1. The van der Waals surface area contributed by atoms with Crippen molar-refractivity contribution in [2.24, 2.45) is 7.05 Å². The summed E-state index contributed by atoms with van der Waals surface area (Å²) in [4.78, 5) is 24.6. The number of aryl methyl sites for hydroxylation is 2. The molecule has 1 amide bonds. The molecule has 2 atom stereocenters. The molecule has 2 aromatic carbocycles. The Bertz CT molecular complexity index is 1420. The second-order valence-electron chi connectivity index (χ2n) is 9.19. The lowest BCUT2D eigenvalue weighted by Gasteiger charge is -2.37. The van der Waals surface area contributed by atoms with Gasteiger partial charge in [-0.25, -0.2) is 9.97 Å². The van der Waals surface area contributed by atoms with E-state index in [9.17, 15) is 9.90 Å². The maximum absolute atomic E-state index is 12.9. The van der Waals surface area contributed by atoms with Gasteiger partial charge in [0.2, 0.25) is 0 Å². The Morgan fingerprint density at radius 2 is 1.91 bits per heavy atom. The van der Waals surface area contributed by atoms with Gasteiger partial charge >= 0.3 is 0 Å². The number of nitrogens with one attached hydrogen (secondary N) is 2. The minimum absolute atomic E-state index is 0.0637. The summed E-state index contributed by atoms with van der Waals surface area (Å²) in [6.45, 7) is 7.91. The number of piperazine rings is 1. The lowest BCUT2D eigenvalue weighted by Crippen LogP contribution is -2.54. The number of aromatic hydroxyl groups is 1. The van der Waals surface area contributed by atoms with E-state index in [1.54, 1.807) is 11.7 Å². The van der Waals surface area contributed by atoms with E-state index in [-0.39, 0.29) is 17.4 Å². The van der Waals surface area contributed by atoms with Crippen LogP contribution in [0.1, 0.15) is 29.9 Å². The summed E-state index contributed by atoms with van der Waals surface area (Å²) < 4.78 is 1.71. The molecule has 9 nitrogen and oxygen atoms in total. The molecule has 0 spiro atoms. The third-order valence-electron chi connectivity index (χ3n) is 6.41. The van der Waals surface area contributed by atoms with Gasteiger partial charge in [-0.1, -0.05) is 0 Å². The molecule has 9 heteroatoms. The zero-order valence-electron chi connectivity index (χ0n) is 20.0. The van der Waals surface area contributed by atoms with Crippen LogP contribution in [0, 0.1) is 6.92 Å². The quantitative estimate of drug-likeness (QED) is 0.432. The van der Waals surface area contributed by atoms with Gasteiger partial charge in [0.15, 0.2) is 5.82 Å². The van der Waals surface area contributed by atoms with Gasteiger partial charge in [-0.2, -0.15) is 5.10 Å². The van der Waals surface area contributed by atoms with Crippen LogP contribution < -0.4 is 15.5 Å². The summed E-state index contributed by atoms with van der Waals surface area (Å²) in [5.41, 5.74) is 3.80. The smallest absolute Gasteiger partial charge is 0.270 e. The molecule has 5 rings (SSSR count). The molecule has 1 saturated heterocycles. The molecule has 0 saturated carbocycles. The van der Waals surface area contributed by atoms with E-state index in [1.165, 1.54) is 0 Å². The van der Waals surface area contributed by atoms with E-state index >= 15 is 0 Å². The van der Waals surface area contributed by atoms with Gasteiger partial charge in [-0.3, -0.25) is 9.48 Å². The summed E-state index contributed by atoms with van der Waals surface area (Å²) >= 11 is 0. The van der Waals surface area contributed by atoms with Gasteiger partial charge in [0.1, 0.15) is 11.4 Å². The Labute approximate surface area is 197 Å². The first-order chi connectivity index (χ1) is 16.2. The van der Waals surface area contributed by atoms with E-state index in [1.807, 2.05) is 44.4 Å². The zero-order chi connectivity index (χ0) is 24.1. The minimum Gasteiger partial charge on any atom is -0.507 e. The molecule has 4 aromatic rings. The topological polar surface area (TPSA) is 108 Å². The third-order valence-corrected chi connectivity index (χ3v) is 6.41. The third kappa shape index (κ3) is 3.71. The fourth-order valence-electron chi connectivity index (χ4n) is 4.88. The highest BCUT2D eigenvalue weighted by Crippen LogP contribution is 2.36. The fourth-order valence-corrected chi connectivity index (χ4v) is 4.88. The molecule has 34 heavy (non-hydrogen) atoms. The van der Waals surface area contributed by atoms with E-state index in [4.69, 9.17) is 4.98 Å². The fraction of sp³-hybridized carbons (Fsp3) is 0.360. The minimum atomic E-state index is -0.300. The molecule has 1 aliphatic heterocycles. The molecule has 1 fully saturated rings. The van der Waals surface area contributed by atoms with E-state index in [0.717, 1.165) is 29.7 Å². The van der Waals surface area contributed by atoms with Crippen molar-refractivity contribution in [2.45, 2.75) is 32.9 Å². The van der Waals surface area contributed by atoms with Gasteiger partial charge in [0, 0.05) is 67.5 Å². The molecule has 3 heterocycles. The number of amides is 1. The van der Waals surface area contributed by atoms with Crippen LogP contribution in [0.25, 0.3) is 33.2 Å². The molecule has 0 aliphatic carbocycles. The maximum Gasteiger partial charge on any atom is 0.270 e. The lowest BCUT2D eigenvalue weighted by atomic mass is 10.0. The van der Waals surface area contributed by atoms with Crippen molar-refractivity contribution in [3.8, 4) is 17.1 Å². The van der Waals surface area contributed by atoms with Crippen LogP contribution in [0.5, 0.6) is 5.75 Å². The number of benzene rings is 2. The summed E-state index contributed by atoms with van der Waals surface area (Å²) in [6.07, 6.45) is 1.88. The molecule has 176 valence electrons. The molecule has 3 N–H and O–H groups in total. The van der Waals surface area contributed by atoms with Crippen LogP contribution in [0.2, 0.25) is 0 Å². The largest absolute Gasteiger partial charge is 0.507 e. The average molecular weight is 460 g/mol. The van der Waals surface area contributed by atoms with Gasteiger partial charge in [0.25, 0.3) is 5.91 Å². The van der Waals surface area contributed by atoms with Crippen molar-refractivity contribution in [3.63, 3.8) is 0 Å². The summed E-state index contributed by atoms with van der Waals surface area (Å²) in [6, 6.07) is 8.50. The van der Waals surface area contributed by atoms with Gasteiger partial charge in [0.05, 0.1) is 16.6 Å². The Hall–Kier alpha value is -3.72. The van der Waals surface area contributed by atoms with E-state index in [2.05, 4.69) is 39.5 Å². The SMILES string of the molecule is CNC(=O)c1nc(-c2cc3cn(C)nc3c(C)c2O)nc2ccc(N3CC(C)NC(C)C3)cc12. The van der Waals surface area contributed by atoms with Crippen molar-refractivity contribution >= 4 is 33.4 Å². The highest BCUT2D eigenvalue weighted by molar-refractivity contribution is 6.06. The predicted octanol–water partition coefficient (Wildman–Crippen LogP) is 2.74. The maximum atomic E-state index is 12.9. The predicted molar refractivity (Wildman–Crippen MR) is 133 cm³/mol. The van der Waals surface area contributed by atoms with E-state index in [0.29, 0.717) is 39.9 Å². The number of carbonyl (C=O) groups is 1. The van der Waals surface area contributed by atoms with Crippen LogP contribution in [-0.4, -0.2) is 63.0 Å². The average Bonchev–Trinajstić information content (AvgIpc) is 3.19. The Balaban J connectivity index is 1.68. The standard InChI is InChI=1S/C25H29N7O2/c1-13-10-32(11-14(2)27-13)17-6-7-20-18(9-17)22(25(34)26-4)29-24(28-20)19-8-16-12-31(5)30-21(16)15(3)23(19)33/h6-9,12-14,27,33H,10-11H2,1-5H3,(H,26,34). The molecule has 1 aliphatic rings. The first-order valence-electron chi connectivity index (χ1n) is 11.5. The first-order valence-corrected chi connectivity index (χ1v) is 11.5. The number of aromatic nitrogens is 4. The Morgan fingerprint density at radius 1 is 1.18 bits per heavy atom. The number of fused-ring (bicyclic) bond motifs is 2. The monoisotopic (exact) mass is 459 g/mol. The zero-order valence-corrected chi connectivity index (χ0v) is 20.0. The number of rotatable bonds is 3. The Kier molecular flexibility index (Phi) is 5.36. The molecule has 0 bridgehead atoms. The number of phenols is 1. The lowest BCUT2D eigenvalue weighted by molar-refractivity contribution is 0.0960. The number of hydrogen-bond acceptors (Lipinski definition) is 7. The highest BCUT2D eigenvalue weighted by Gasteiger charge is 2.24. The molecule has 2 aromatic heterocycles. The summed E-state index contributed by atoms with van der Waals surface area (Å²) in [5.74, 6) is 0.0648. The number of carbonyl (C=O) groups excluding carboxylic acids is 1. The van der Waals surface area contributed by atoms with Gasteiger partial charge in [-0.05, 0) is 45.0 Å². The number of phenolic OH excluding ortho intramolecular Hbond substituents is 1. The highest BCUT2D eigenvalue weighted by atomic mass is 16.3. The first kappa shape index (κ1) is 22.1. The second kappa shape index (κ2) is 8.25. The number of nitrogens with zero attached hydrogens (tertiary/aromatic N) is 5. The van der Waals surface area contributed by atoms with Crippen LogP contribution >= 0.6 is 0 Å². The molecular formula is C25H29N7O2. The summed E-state index contributed by atoms with van der Waals surface area (Å²) in [5, 5.41) is 23.2. The van der Waals surface area contributed by atoms with Crippen LogP contribution in [-0.2, 0) is 7.05 Å². The molecule has 2 unspecified atom stereocenters. The molecule has 0 radical (unpaired) electrons. The van der Waals surface area contributed by atoms with Gasteiger partial charge in [-0.15, -0.1) is 0 Å². The van der Waals surface area contributed by atoms with Crippen LogP contribution in [0.15, 0.2) is 30.5 Å². The van der Waals surface area contributed by atoms with Crippen molar-refractivity contribution in [3.05, 3.63) is 41.7 Å².